The van der Waals surface area contributed by atoms with Gasteiger partial charge in [-0.15, -0.1) is 0 Å². The number of nitrogens with zero attached hydrogens (tertiary/aromatic N) is 2. The van der Waals surface area contributed by atoms with Crippen LogP contribution in [0.25, 0.3) is 0 Å². The summed E-state index contributed by atoms with van der Waals surface area (Å²) in [5.74, 6) is 0.0526. The Bertz CT molecular complexity index is 232. The Hall–Kier alpha value is -1.04. The molecule has 0 N–H and O–H groups in total. The lowest BCUT2D eigenvalue weighted by molar-refractivity contribution is -0.128. The van der Waals surface area contributed by atoms with Crippen LogP contribution in [0.1, 0.15) is 33.1 Å². The molecule has 1 aliphatic heterocycles. The van der Waals surface area contributed by atoms with E-state index >= 15 is 0 Å². The van der Waals surface area contributed by atoms with E-state index in [2.05, 4.69) is 13.0 Å². The Labute approximate surface area is 79.3 Å². The van der Waals surface area contributed by atoms with Gasteiger partial charge in [0, 0.05) is 19.0 Å². The first kappa shape index (κ1) is 10.0. The first-order chi connectivity index (χ1) is 6.20. The second-order valence-electron chi connectivity index (χ2n) is 3.62. The third-order valence-corrected chi connectivity index (χ3v) is 2.71. The minimum absolute atomic E-state index is 0.0932. The molecule has 0 saturated carbocycles. The summed E-state index contributed by atoms with van der Waals surface area (Å²) in [7, 11) is 0. The highest BCUT2D eigenvalue weighted by atomic mass is 16.2. The van der Waals surface area contributed by atoms with E-state index in [0.29, 0.717) is 6.42 Å². The summed E-state index contributed by atoms with van der Waals surface area (Å²) >= 11 is 0. The van der Waals surface area contributed by atoms with Gasteiger partial charge in [0.2, 0.25) is 5.91 Å². The SMILES string of the molecule is CCCCN1C(=O)CC(C#N)C1C. The molecule has 0 radical (unpaired) electrons. The van der Waals surface area contributed by atoms with Crippen LogP contribution in [0.4, 0.5) is 0 Å². The number of carbonyl (C=O) groups excluding carboxylic acids is 1. The second-order valence-corrected chi connectivity index (χ2v) is 3.62. The molecule has 1 aliphatic rings. The molecule has 13 heavy (non-hydrogen) atoms. The van der Waals surface area contributed by atoms with Crippen LogP contribution >= 0.6 is 0 Å². The van der Waals surface area contributed by atoms with E-state index in [1.165, 1.54) is 0 Å². The molecule has 0 aromatic rings. The van der Waals surface area contributed by atoms with E-state index in [9.17, 15) is 4.79 Å². The van der Waals surface area contributed by atoms with Crippen LogP contribution in [-0.4, -0.2) is 23.4 Å². The highest BCUT2D eigenvalue weighted by molar-refractivity contribution is 5.79. The molecule has 0 spiro atoms. The fourth-order valence-electron chi connectivity index (χ4n) is 1.73. The van der Waals surface area contributed by atoms with Crippen molar-refractivity contribution < 1.29 is 4.79 Å². The van der Waals surface area contributed by atoms with E-state index in [-0.39, 0.29) is 17.9 Å². The number of unbranched alkanes of at least 4 members (excludes halogenated alkanes) is 1. The Balaban J connectivity index is 2.55. The maximum atomic E-state index is 11.4. The van der Waals surface area contributed by atoms with Crippen molar-refractivity contribution in [3.8, 4) is 6.07 Å². The van der Waals surface area contributed by atoms with Gasteiger partial charge in [0.15, 0.2) is 0 Å². The zero-order valence-corrected chi connectivity index (χ0v) is 8.29. The molecule has 3 nitrogen and oxygen atoms in total. The minimum atomic E-state index is -0.0932. The third-order valence-electron chi connectivity index (χ3n) is 2.71. The van der Waals surface area contributed by atoms with Gasteiger partial charge in [0.25, 0.3) is 0 Å². The molecular weight excluding hydrogens is 164 g/mol. The summed E-state index contributed by atoms with van der Waals surface area (Å²) in [6.45, 7) is 4.89. The van der Waals surface area contributed by atoms with Gasteiger partial charge >= 0.3 is 0 Å². The zero-order valence-electron chi connectivity index (χ0n) is 8.29. The standard InChI is InChI=1S/C10H16N2O/c1-3-4-5-12-8(2)9(7-11)6-10(12)13/h8-9H,3-6H2,1-2H3. The average Bonchev–Trinajstić information content (AvgIpc) is 2.39. The van der Waals surface area contributed by atoms with Gasteiger partial charge in [0.05, 0.1) is 12.0 Å². The second kappa shape index (κ2) is 4.27. The van der Waals surface area contributed by atoms with Gasteiger partial charge in [-0.05, 0) is 13.3 Å². The molecule has 1 saturated heterocycles. The summed E-state index contributed by atoms with van der Waals surface area (Å²) in [4.78, 5) is 13.3. The smallest absolute Gasteiger partial charge is 0.224 e. The number of likely N-dealkylation sites (tertiary alicyclic amines) is 1. The first-order valence-corrected chi connectivity index (χ1v) is 4.89. The van der Waals surface area contributed by atoms with Crippen LogP contribution in [0.5, 0.6) is 0 Å². The van der Waals surface area contributed by atoms with E-state index in [4.69, 9.17) is 5.26 Å². The number of hydrogen-bond donors (Lipinski definition) is 0. The van der Waals surface area contributed by atoms with Crippen LogP contribution < -0.4 is 0 Å². The molecule has 0 aromatic carbocycles. The fourth-order valence-corrected chi connectivity index (χ4v) is 1.73. The van der Waals surface area contributed by atoms with Gasteiger partial charge < -0.3 is 4.90 Å². The van der Waals surface area contributed by atoms with E-state index in [0.717, 1.165) is 19.4 Å². The van der Waals surface area contributed by atoms with E-state index < -0.39 is 0 Å². The normalized spacial score (nSPS) is 27.8. The van der Waals surface area contributed by atoms with Crippen molar-refractivity contribution in [3.63, 3.8) is 0 Å². The summed E-state index contributed by atoms with van der Waals surface area (Å²) in [6.07, 6.45) is 2.54. The maximum Gasteiger partial charge on any atom is 0.224 e. The Kier molecular flexibility index (Phi) is 3.30. The predicted molar refractivity (Wildman–Crippen MR) is 49.8 cm³/mol. The van der Waals surface area contributed by atoms with Crippen molar-refractivity contribution in [2.45, 2.75) is 39.2 Å². The van der Waals surface area contributed by atoms with Crippen LogP contribution in [-0.2, 0) is 4.79 Å². The van der Waals surface area contributed by atoms with Gasteiger partial charge in [-0.25, -0.2) is 0 Å². The Morgan fingerprint density at radius 3 is 2.85 bits per heavy atom. The Morgan fingerprint density at radius 1 is 1.69 bits per heavy atom. The average molecular weight is 180 g/mol. The predicted octanol–water partition coefficient (Wildman–Crippen LogP) is 1.55. The first-order valence-electron chi connectivity index (χ1n) is 4.89. The highest BCUT2D eigenvalue weighted by Crippen LogP contribution is 2.24. The molecule has 72 valence electrons. The van der Waals surface area contributed by atoms with Crippen molar-refractivity contribution in [3.05, 3.63) is 0 Å². The summed E-state index contributed by atoms with van der Waals surface area (Å²) < 4.78 is 0. The highest BCUT2D eigenvalue weighted by Gasteiger charge is 2.35. The lowest BCUT2D eigenvalue weighted by atomic mass is 10.0. The molecule has 1 heterocycles. The number of carbonyl (C=O) groups is 1. The molecular formula is C10H16N2O. The maximum absolute atomic E-state index is 11.4. The van der Waals surface area contributed by atoms with Gasteiger partial charge in [-0.2, -0.15) is 5.26 Å². The molecule has 2 unspecified atom stereocenters. The molecule has 0 aromatic heterocycles. The van der Waals surface area contributed by atoms with Crippen molar-refractivity contribution in [2.75, 3.05) is 6.54 Å². The van der Waals surface area contributed by atoms with Crippen molar-refractivity contribution in [2.24, 2.45) is 5.92 Å². The molecule has 2 atom stereocenters. The number of nitriles is 1. The molecule has 1 fully saturated rings. The third kappa shape index (κ3) is 2.00. The molecule has 1 amide bonds. The number of hydrogen-bond acceptors (Lipinski definition) is 2. The summed E-state index contributed by atoms with van der Waals surface area (Å²) in [6, 6.07) is 2.30. The Morgan fingerprint density at radius 2 is 2.38 bits per heavy atom. The number of rotatable bonds is 3. The molecule has 0 bridgehead atoms. The monoisotopic (exact) mass is 180 g/mol. The fraction of sp³-hybridized carbons (Fsp3) is 0.800. The number of amides is 1. The van der Waals surface area contributed by atoms with Gasteiger partial charge in [-0.3, -0.25) is 4.79 Å². The quantitative estimate of drug-likeness (QED) is 0.661. The van der Waals surface area contributed by atoms with Crippen molar-refractivity contribution in [1.29, 1.82) is 5.26 Å². The van der Waals surface area contributed by atoms with Crippen molar-refractivity contribution in [1.82, 2.24) is 4.90 Å². The lowest BCUT2D eigenvalue weighted by Gasteiger charge is -2.22. The molecule has 3 heteroatoms. The van der Waals surface area contributed by atoms with Crippen molar-refractivity contribution >= 4 is 5.91 Å². The topological polar surface area (TPSA) is 44.1 Å². The molecule has 0 aliphatic carbocycles. The summed E-state index contributed by atoms with van der Waals surface area (Å²) in [5.41, 5.74) is 0. The summed E-state index contributed by atoms with van der Waals surface area (Å²) in [5, 5.41) is 8.77. The minimum Gasteiger partial charge on any atom is -0.339 e. The zero-order chi connectivity index (χ0) is 9.84. The van der Waals surface area contributed by atoms with Crippen LogP contribution in [0.15, 0.2) is 0 Å². The van der Waals surface area contributed by atoms with Crippen LogP contribution in [0, 0.1) is 17.2 Å². The van der Waals surface area contributed by atoms with Crippen LogP contribution in [0.2, 0.25) is 0 Å². The van der Waals surface area contributed by atoms with Crippen LogP contribution in [0.3, 0.4) is 0 Å². The van der Waals surface area contributed by atoms with E-state index in [1.54, 1.807) is 0 Å². The molecule has 1 rings (SSSR count). The van der Waals surface area contributed by atoms with Gasteiger partial charge in [0.1, 0.15) is 0 Å². The lowest BCUT2D eigenvalue weighted by Crippen LogP contribution is -2.33. The largest absolute Gasteiger partial charge is 0.339 e. The van der Waals surface area contributed by atoms with E-state index in [1.807, 2.05) is 11.8 Å². The van der Waals surface area contributed by atoms with Gasteiger partial charge in [-0.1, -0.05) is 13.3 Å².